The molecule has 136 valence electrons. The summed E-state index contributed by atoms with van der Waals surface area (Å²) in [6, 6.07) is 17.2. The van der Waals surface area contributed by atoms with Crippen LogP contribution >= 0.6 is 11.6 Å². The molecule has 2 N–H and O–H groups in total. The number of anilines is 3. The summed E-state index contributed by atoms with van der Waals surface area (Å²) in [7, 11) is 1.33. The van der Waals surface area contributed by atoms with Crippen molar-refractivity contribution in [1.29, 1.82) is 0 Å². The van der Waals surface area contributed by atoms with Gasteiger partial charge in [-0.05, 0) is 36.4 Å². The van der Waals surface area contributed by atoms with Crippen LogP contribution in [0.3, 0.4) is 0 Å². The summed E-state index contributed by atoms with van der Waals surface area (Å²) in [6.07, 6.45) is 1.55. The highest BCUT2D eigenvalue weighted by Crippen LogP contribution is 2.22. The Morgan fingerprint density at radius 2 is 1.67 bits per heavy atom. The molecule has 1 amide bonds. The van der Waals surface area contributed by atoms with E-state index in [1.165, 1.54) is 7.11 Å². The summed E-state index contributed by atoms with van der Waals surface area (Å²) in [5, 5.41) is 6.17. The van der Waals surface area contributed by atoms with E-state index in [1.54, 1.807) is 66.9 Å². The Balaban J connectivity index is 1.72. The Morgan fingerprint density at radius 1 is 0.963 bits per heavy atom. The topological polar surface area (TPSA) is 80.3 Å². The normalized spacial score (nSPS) is 10.1. The van der Waals surface area contributed by atoms with Crippen molar-refractivity contribution in [2.75, 3.05) is 17.7 Å². The molecule has 6 nitrogen and oxygen atoms in total. The highest BCUT2D eigenvalue weighted by molar-refractivity contribution is 6.34. The van der Waals surface area contributed by atoms with E-state index in [1.807, 2.05) is 0 Å². The minimum Gasteiger partial charge on any atom is -0.465 e. The van der Waals surface area contributed by atoms with Crippen LogP contribution < -0.4 is 10.6 Å². The predicted octanol–water partition coefficient (Wildman–Crippen LogP) is 4.52. The average molecular weight is 382 g/mol. The largest absolute Gasteiger partial charge is 0.465 e. The van der Waals surface area contributed by atoms with Crippen LogP contribution in [0.25, 0.3) is 0 Å². The van der Waals surface area contributed by atoms with Crippen molar-refractivity contribution in [3.8, 4) is 0 Å². The third-order valence-electron chi connectivity index (χ3n) is 3.73. The highest BCUT2D eigenvalue weighted by atomic mass is 35.5. The van der Waals surface area contributed by atoms with Gasteiger partial charge in [-0.3, -0.25) is 4.79 Å². The maximum absolute atomic E-state index is 12.3. The highest BCUT2D eigenvalue weighted by Gasteiger charge is 2.12. The van der Waals surface area contributed by atoms with E-state index < -0.39 is 5.97 Å². The number of carbonyl (C=O) groups excluding carboxylic acids is 2. The van der Waals surface area contributed by atoms with Gasteiger partial charge in [0.25, 0.3) is 5.91 Å². The van der Waals surface area contributed by atoms with Gasteiger partial charge in [0.1, 0.15) is 5.82 Å². The number of amides is 1. The first-order valence-electron chi connectivity index (χ1n) is 8.05. The van der Waals surface area contributed by atoms with Crippen molar-refractivity contribution in [2.45, 2.75) is 0 Å². The zero-order valence-electron chi connectivity index (χ0n) is 14.4. The summed E-state index contributed by atoms with van der Waals surface area (Å²) < 4.78 is 4.78. The van der Waals surface area contributed by atoms with Gasteiger partial charge in [0.2, 0.25) is 0 Å². The van der Waals surface area contributed by atoms with E-state index in [0.717, 1.165) is 0 Å². The summed E-state index contributed by atoms with van der Waals surface area (Å²) in [4.78, 5) is 28.3. The summed E-state index contributed by atoms with van der Waals surface area (Å²) in [5.41, 5.74) is 2.03. The summed E-state index contributed by atoms with van der Waals surface area (Å²) in [6.45, 7) is 0. The van der Waals surface area contributed by atoms with Crippen LogP contribution in [0.15, 0.2) is 66.9 Å². The molecule has 0 bridgehead atoms. The van der Waals surface area contributed by atoms with Gasteiger partial charge in [-0.2, -0.15) is 0 Å². The maximum atomic E-state index is 12.3. The number of nitrogens with zero attached hydrogens (tertiary/aromatic N) is 1. The number of benzene rings is 2. The van der Waals surface area contributed by atoms with E-state index in [0.29, 0.717) is 33.3 Å². The standard InChI is InChI=1S/C20H16ClN3O3/c1-27-20(26)15-7-3-5-9-17(15)23-13-10-11-18(22-12-13)24-19(25)14-6-2-4-8-16(14)21/h2-12,23H,1H3,(H,22,24,25). The Morgan fingerprint density at radius 3 is 2.33 bits per heavy atom. The minimum absolute atomic E-state index is 0.343. The van der Waals surface area contributed by atoms with E-state index in [4.69, 9.17) is 16.3 Å². The quantitative estimate of drug-likeness (QED) is 0.635. The zero-order valence-corrected chi connectivity index (χ0v) is 15.2. The Labute approximate surface area is 161 Å². The van der Waals surface area contributed by atoms with Crippen LogP contribution in [0.4, 0.5) is 17.2 Å². The van der Waals surface area contributed by atoms with Crippen molar-refractivity contribution in [1.82, 2.24) is 4.98 Å². The Hall–Kier alpha value is -3.38. The summed E-state index contributed by atoms with van der Waals surface area (Å²) >= 11 is 6.02. The first-order valence-corrected chi connectivity index (χ1v) is 8.42. The number of para-hydroxylation sites is 1. The van der Waals surface area contributed by atoms with Crippen LogP contribution in [0.2, 0.25) is 5.02 Å². The van der Waals surface area contributed by atoms with Gasteiger partial charge in [0.05, 0.1) is 40.8 Å². The van der Waals surface area contributed by atoms with Crippen molar-refractivity contribution >= 4 is 40.7 Å². The molecule has 3 rings (SSSR count). The molecule has 0 unspecified atom stereocenters. The van der Waals surface area contributed by atoms with Gasteiger partial charge in [-0.15, -0.1) is 0 Å². The molecule has 0 aliphatic rings. The third-order valence-corrected chi connectivity index (χ3v) is 4.06. The lowest BCUT2D eigenvalue weighted by Gasteiger charge is -2.11. The number of nitrogens with one attached hydrogen (secondary N) is 2. The van der Waals surface area contributed by atoms with Crippen LogP contribution in [0.1, 0.15) is 20.7 Å². The second kappa shape index (κ2) is 8.33. The van der Waals surface area contributed by atoms with Crippen molar-refractivity contribution in [3.05, 3.63) is 83.0 Å². The van der Waals surface area contributed by atoms with Crippen LogP contribution in [-0.4, -0.2) is 24.0 Å². The van der Waals surface area contributed by atoms with Crippen molar-refractivity contribution in [3.63, 3.8) is 0 Å². The molecule has 1 aromatic heterocycles. The number of hydrogen-bond donors (Lipinski definition) is 2. The number of halogens is 1. The second-order valence-corrected chi connectivity index (χ2v) is 5.94. The first kappa shape index (κ1) is 18.4. The number of esters is 1. The minimum atomic E-state index is -0.435. The molecule has 0 radical (unpaired) electrons. The molecule has 0 fully saturated rings. The average Bonchev–Trinajstić information content (AvgIpc) is 2.69. The van der Waals surface area contributed by atoms with Gasteiger partial charge < -0.3 is 15.4 Å². The number of carbonyl (C=O) groups is 2. The molecule has 2 aromatic carbocycles. The van der Waals surface area contributed by atoms with E-state index in [2.05, 4.69) is 15.6 Å². The Kier molecular flexibility index (Phi) is 5.68. The Bertz CT molecular complexity index is 974. The van der Waals surface area contributed by atoms with E-state index in [9.17, 15) is 9.59 Å². The molecule has 0 saturated heterocycles. The van der Waals surface area contributed by atoms with Gasteiger partial charge >= 0.3 is 5.97 Å². The fraction of sp³-hybridized carbons (Fsp3) is 0.0500. The molecule has 0 spiro atoms. The molecule has 3 aromatic rings. The number of methoxy groups -OCH3 is 1. The van der Waals surface area contributed by atoms with Crippen molar-refractivity contribution in [2.24, 2.45) is 0 Å². The van der Waals surface area contributed by atoms with E-state index >= 15 is 0 Å². The van der Waals surface area contributed by atoms with E-state index in [-0.39, 0.29) is 5.91 Å². The van der Waals surface area contributed by atoms with Gasteiger partial charge in [0.15, 0.2) is 0 Å². The fourth-order valence-electron chi connectivity index (χ4n) is 2.41. The molecule has 0 saturated carbocycles. The van der Waals surface area contributed by atoms with Gasteiger partial charge in [0, 0.05) is 0 Å². The molecule has 0 atom stereocenters. The molecule has 0 aliphatic heterocycles. The number of hydrogen-bond acceptors (Lipinski definition) is 5. The molecule has 1 heterocycles. The van der Waals surface area contributed by atoms with Crippen LogP contribution in [0.5, 0.6) is 0 Å². The van der Waals surface area contributed by atoms with Crippen molar-refractivity contribution < 1.29 is 14.3 Å². The molecule has 27 heavy (non-hydrogen) atoms. The fourth-order valence-corrected chi connectivity index (χ4v) is 2.63. The smallest absolute Gasteiger partial charge is 0.339 e. The maximum Gasteiger partial charge on any atom is 0.339 e. The van der Waals surface area contributed by atoms with Crippen LogP contribution in [-0.2, 0) is 4.74 Å². The molecular weight excluding hydrogens is 366 g/mol. The SMILES string of the molecule is COC(=O)c1ccccc1Nc1ccc(NC(=O)c2ccccc2Cl)nc1. The number of rotatable bonds is 5. The lowest BCUT2D eigenvalue weighted by atomic mass is 10.1. The molecular formula is C20H16ClN3O3. The molecule has 7 heteroatoms. The monoisotopic (exact) mass is 381 g/mol. The molecule has 0 aliphatic carbocycles. The summed E-state index contributed by atoms with van der Waals surface area (Å²) in [5.74, 6) is -0.397. The number of aromatic nitrogens is 1. The predicted molar refractivity (Wildman–Crippen MR) is 105 cm³/mol. The van der Waals surface area contributed by atoms with Gasteiger partial charge in [-0.1, -0.05) is 35.9 Å². The zero-order chi connectivity index (χ0) is 19.2. The third kappa shape index (κ3) is 4.43. The lowest BCUT2D eigenvalue weighted by Crippen LogP contribution is -2.13. The second-order valence-electron chi connectivity index (χ2n) is 5.53. The van der Waals surface area contributed by atoms with Crippen LogP contribution in [0, 0.1) is 0 Å². The number of pyridine rings is 1. The van der Waals surface area contributed by atoms with Gasteiger partial charge in [-0.25, -0.2) is 9.78 Å². The first-order chi connectivity index (χ1) is 13.1. The number of ether oxygens (including phenoxy) is 1. The lowest BCUT2D eigenvalue weighted by molar-refractivity contribution is 0.0601.